The number of hydrogen-bond donors (Lipinski definition) is 1. The molecule has 0 rings (SSSR count). The molecule has 0 saturated heterocycles. The van der Waals surface area contributed by atoms with Crippen molar-refractivity contribution in [3.63, 3.8) is 0 Å². The van der Waals surface area contributed by atoms with Crippen LogP contribution in [0.1, 0.15) is 207 Å². The maximum Gasteiger partial charge on any atom is 0.136 e. The predicted octanol–water partition coefficient (Wildman–Crippen LogP) is 11.9. The van der Waals surface area contributed by atoms with Crippen LogP contribution in [0.5, 0.6) is 0 Å². The molecule has 0 saturated carbocycles. The Bertz CT molecular complexity index is 504. The molecule has 0 bridgehead atoms. The third-order valence-electron chi connectivity index (χ3n) is 8.17. The van der Waals surface area contributed by atoms with E-state index >= 15 is 0 Å². The van der Waals surface area contributed by atoms with Crippen molar-refractivity contribution in [2.45, 2.75) is 207 Å². The summed E-state index contributed by atoms with van der Waals surface area (Å²) in [6.45, 7) is 6.52. The normalized spacial score (nSPS) is 11.7. The van der Waals surface area contributed by atoms with Crippen molar-refractivity contribution in [3.8, 4) is 0 Å². The Morgan fingerprint density at radius 3 is 1.00 bits per heavy atom. The molecule has 0 fully saturated rings. The topological polar surface area (TPSA) is 46.2 Å². The van der Waals surface area contributed by atoms with Crippen LogP contribution < -0.4 is 5.32 Å². The minimum absolute atomic E-state index is 0.0770. The van der Waals surface area contributed by atoms with Crippen molar-refractivity contribution >= 4 is 11.6 Å². The molecule has 0 aromatic heterocycles. The Labute approximate surface area is 253 Å². The molecule has 0 heterocycles. The van der Waals surface area contributed by atoms with E-state index in [1.165, 1.54) is 154 Å². The molecule has 1 unspecified atom stereocenters. The van der Waals surface area contributed by atoms with E-state index in [1.54, 1.807) is 0 Å². The van der Waals surface area contributed by atoms with E-state index in [1.807, 2.05) is 21.0 Å². The summed E-state index contributed by atoms with van der Waals surface area (Å²) in [6.07, 6.45) is 36.4. The lowest BCUT2D eigenvalue weighted by molar-refractivity contribution is -0.127. The number of unbranched alkanes of at least 4 members (excludes halogenated alkanes) is 24. The fourth-order valence-corrected chi connectivity index (χ4v) is 5.46. The molecule has 1 N–H and O–H groups in total. The summed E-state index contributed by atoms with van der Waals surface area (Å²) in [5.74, 6) is 0.530. The number of carbonyl (C=O) groups excluding carboxylic acids is 2. The molecule has 0 aromatic carbocycles. The highest BCUT2D eigenvalue weighted by atomic mass is 16.1. The standard InChI is InChI=1S/C35H68O2.C2H7N/c1-4-6-8-10-12-14-16-18-20-22-24-26-28-30-34(36)32-33(3)35(37)31-29-27-25-23-21-19-17-15-13-11-9-7-5-2;1-3-2/h33H,4-32H2,1-3H3;3H,1-2H3. The lowest BCUT2D eigenvalue weighted by Crippen LogP contribution is -2.15. The summed E-state index contributed by atoms with van der Waals surface area (Å²) in [6, 6.07) is 0. The second kappa shape index (κ2) is 36.3. The molecule has 3 nitrogen and oxygen atoms in total. The minimum atomic E-state index is -0.0770. The predicted molar refractivity (Wildman–Crippen MR) is 179 cm³/mol. The third kappa shape index (κ3) is 35.3. The Balaban J connectivity index is 0. The maximum atomic E-state index is 12.4. The van der Waals surface area contributed by atoms with Crippen LogP contribution in [0.4, 0.5) is 0 Å². The second-order valence-corrected chi connectivity index (χ2v) is 12.6. The Morgan fingerprint density at radius 2 is 0.700 bits per heavy atom. The molecular weight excluding hydrogens is 490 g/mol. The molecular formula is C37H75NO2. The van der Waals surface area contributed by atoms with E-state index in [0.29, 0.717) is 30.8 Å². The summed E-state index contributed by atoms with van der Waals surface area (Å²) in [5, 5.41) is 2.75. The number of rotatable bonds is 31. The van der Waals surface area contributed by atoms with Gasteiger partial charge in [-0.3, -0.25) is 9.59 Å². The molecule has 0 aliphatic rings. The largest absolute Gasteiger partial charge is 0.323 e. The molecule has 3 heteroatoms. The van der Waals surface area contributed by atoms with Gasteiger partial charge in [0.1, 0.15) is 11.6 Å². The van der Waals surface area contributed by atoms with Crippen LogP contribution in [-0.4, -0.2) is 25.7 Å². The fraction of sp³-hybridized carbons (Fsp3) is 0.946. The number of hydrogen-bond acceptors (Lipinski definition) is 3. The maximum absolute atomic E-state index is 12.4. The average Bonchev–Trinajstić information content (AvgIpc) is 2.94. The van der Waals surface area contributed by atoms with Gasteiger partial charge in [-0.2, -0.15) is 0 Å². The van der Waals surface area contributed by atoms with E-state index in [0.717, 1.165) is 12.8 Å². The highest BCUT2D eigenvalue weighted by molar-refractivity contribution is 5.87. The fourth-order valence-electron chi connectivity index (χ4n) is 5.46. The smallest absolute Gasteiger partial charge is 0.136 e. The van der Waals surface area contributed by atoms with Crippen molar-refractivity contribution in [1.29, 1.82) is 0 Å². The Morgan fingerprint density at radius 1 is 0.450 bits per heavy atom. The Hall–Kier alpha value is -0.700. The summed E-state index contributed by atoms with van der Waals surface area (Å²) in [5.41, 5.74) is 0. The van der Waals surface area contributed by atoms with Crippen molar-refractivity contribution in [1.82, 2.24) is 5.32 Å². The molecule has 0 aliphatic carbocycles. The van der Waals surface area contributed by atoms with Gasteiger partial charge in [0.2, 0.25) is 0 Å². The SMILES string of the molecule is CCCCCCCCCCCCCCCC(=O)CC(C)C(=O)CCCCCCCCCCCCCCC.CNC. The van der Waals surface area contributed by atoms with Gasteiger partial charge in [0.15, 0.2) is 0 Å². The molecule has 0 spiro atoms. The first-order valence-corrected chi connectivity index (χ1v) is 18.2. The first-order chi connectivity index (χ1) is 19.5. The van der Waals surface area contributed by atoms with Crippen molar-refractivity contribution in [2.75, 3.05) is 14.1 Å². The van der Waals surface area contributed by atoms with E-state index < -0.39 is 0 Å². The minimum Gasteiger partial charge on any atom is -0.323 e. The van der Waals surface area contributed by atoms with E-state index in [9.17, 15) is 9.59 Å². The van der Waals surface area contributed by atoms with Gasteiger partial charge in [-0.05, 0) is 26.9 Å². The zero-order chi connectivity index (χ0) is 29.9. The number of nitrogens with one attached hydrogen (secondary N) is 1. The average molecular weight is 566 g/mol. The summed E-state index contributed by atoms with van der Waals surface area (Å²) in [7, 11) is 3.75. The van der Waals surface area contributed by atoms with E-state index in [2.05, 4.69) is 19.2 Å². The van der Waals surface area contributed by atoms with Gasteiger partial charge in [0.05, 0.1) is 0 Å². The van der Waals surface area contributed by atoms with Crippen LogP contribution in [0.25, 0.3) is 0 Å². The van der Waals surface area contributed by atoms with Gasteiger partial charge >= 0.3 is 0 Å². The van der Waals surface area contributed by atoms with Gasteiger partial charge in [0, 0.05) is 25.2 Å². The molecule has 40 heavy (non-hydrogen) atoms. The van der Waals surface area contributed by atoms with Crippen LogP contribution >= 0.6 is 0 Å². The van der Waals surface area contributed by atoms with Crippen LogP contribution in [0.15, 0.2) is 0 Å². The lowest BCUT2D eigenvalue weighted by Gasteiger charge is -2.10. The van der Waals surface area contributed by atoms with E-state index in [-0.39, 0.29) is 5.92 Å². The highest BCUT2D eigenvalue weighted by Gasteiger charge is 2.16. The zero-order valence-corrected chi connectivity index (χ0v) is 28.4. The molecule has 240 valence electrons. The summed E-state index contributed by atoms with van der Waals surface area (Å²) in [4.78, 5) is 24.7. The number of carbonyl (C=O) groups is 2. The van der Waals surface area contributed by atoms with Gasteiger partial charge in [-0.1, -0.05) is 175 Å². The summed E-state index contributed by atoms with van der Waals surface area (Å²) >= 11 is 0. The quantitative estimate of drug-likeness (QED) is 0.0850. The first-order valence-electron chi connectivity index (χ1n) is 18.2. The number of Topliss-reactive ketones (excluding diaryl/α,β-unsaturated/α-hetero) is 2. The molecule has 1 atom stereocenters. The van der Waals surface area contributed by atoms with Crippen molar-refractivity contribution < 1.29 is 9.59 Å². The van der Waals surface area contributed by atoms with E-state index in [4.69, 9.17) is 0 Å². The van der Waals surface area contributed by atoms with Gasteiger partial charge < -0.3 is 5.32 Å². The van der Waals surface area contributed by atoms with Crippen LogP contribution in [-0.2, 0) is 9.59 Å². The van der Waals surface area contributed by atoms with Gasteiger partial charge in [-0.25, -0.2) is 0 Å². The lowest BCUT2D eigenvalue weighted by atomic mass is 9.93. The second-order valence-electron chi connectivity index (χ2n) is 12.6. The molecule has 0 radical (unpaired) electrons. The summed E-state index contributed by atoms with van der Waals surface area (Å²) < 4.78 is 0. The van der Waals surface area contributed by atoms with Gasteiger partial charge in [-0.15, -0.1) is 0 Å². The monoisotopic (exact) mass is 566 g/mol. The molecule has 0 aliphatic heterocycles. The Kier molecular flexibility index (Phi) is 37.6. The van der Waals surface area contributed by atoms with Crippen LogP contribution in [0, 0.1) is 5.92 Å². The highest BCUT2D eigenvalue weighted by Crippen LogP contribution is 2.17. The molecule has 0 amide bonds. The van der Waals surface area contributed by atoms with Crippen molar-refractivity contribution in [2.24, 2.45) is 5.92 Å². The zero-order valence-electron chi connectivity index (χ0n) is 28.4. The third-order valence-corrected chi connectivity index (χ3v) is 8.17. The van der Waals surface area contributed by atoms with Crippen LogP contribution in [0.3, 0.4) is 0 Å². The van der Waals surface area contributed by atoms with Crippen molar-refractivity contribution in [3.05, 3.63) is 0 Å². The number of ketones is 2. The van der Waals surface area contributed by atoms with Crippen LogP contribution in [0.2, 0.25) is 0 Å². The molecule has 0 aromatic rings. The van der Waals surface area contributed by atoms with Gasteiger partial charge in [0.25, 0.3) is 0 Å². The first kappa shape index (κ1) is 41.4.